The van der Waals surface area contributed by atoms with E-state index in [1.54, 1.807) is 6.92 Å². The molecule has 2 aromatic rings. The van der Waals surface area contributed by atoms with Crippen molar-refractivity contribution in [2.45, 2.75) is 64.6 Å². The predicted molar refractivity (Wildman–Crippen MR) is 108 cm³/mol. The molecule has 1 aliphatic carbocycles. The Morgan fingerprint density at radius 3 is 2.63 bits per heavy atom. The van der Waals surface area contributed by atoms with Gasteiger partial charge in [0, 0.05) is 56.5 Å². The fourth-order valence-corrected chi connectivity index (χ4v) is 4.72. The summed E-state index contributed by atoms with van der Waals surface area (Å²) in [5.74, 6) is 0.0561. The van der Waals surface area contributed by atoms with Crippen molar-refractivity contribution < 1.29 is 4.79 Å². The van der Waals surface area contributed by atoms with Gasteiger partial charge in [-0.2, -0.15) is 5.10 Å². The highest BCUT2D eigenvalue weighted by Gasteiger charge is 2.29. The third-order valence-corrected chi connectivity index (χ3v) is 6.20. The molecule has 0 spiro atoms. The first-order valence-electron chi connectivity index (χ1n) is 10.2. The minimum absolute atomic E-state index is 0.0561. The molecule has 0 radical (unpaired) electrons. The molecule has 1 saturated carbocycles. The number of carbonyl (C=O) groups is 1. The van der Waals surface area contributed by atoms with Crippen LogP contribution >= 0.6 is 0 Å². The zero-order valence-electron chi connectivity index (χ0n) is 16.5. The summed E-state index contributed by atoms with van der Waals surface area (Å²) in [6.07, 6.45) is 7.82. The number of anilines is 1. The summed E-state index contributed by atoms with van der Waals surface area (Å²) < 4.78 is 2.03. The molecule has 27 heavy (non-hydrogen) atoms. The molecule has 0 atom stereocenters. The maximum absolute atomic E-state index is 12.3. The number of aryl methyl sites for hydroxylation is 1. The van der Waals surface area contributed by atoms with Crippen LogP contribution in [0.4, 0.5) is 5.69 Å². The van der Waals surface area contributed by atoms with Crippen LogP contribution in [0.3, 0.4) is 0 Å². The molecule has 1 fully saturated rings. The Kier molecular flexibility index (Phi) is 5.30. The van der Waals surface area contributed by atoms with Crippen molar-refractivity contribution in [2.24, 2.45) is 7.05 Å². The quantitative estimate of drug-likeness (QED) is 0.829. The van der Waals surface area contributed by atoms with Gasteiger partial charge in [0.15, 0.2) is 0 Å². The fraction of sp³-hybridized carbons (Fsp3) is 0.545. The van der Waals surface area contributed by atoms with Gasteiger partial charge in [-0.1, -0.05) is 37.5 Å². The molecule has 2 heterocycles. The number of benzene rings is 1. The summed E-state index contributed by atoms with van der Waals surface area (Å²) >= 11 is 0. The zero-order valence-corrected chi connectivity index (χ0v) is 16.5. The van der Waals surface area contributed by atoms with Gasteiger partial charge in [0.05, 0.1) is 12.2 Å². The van der Waals surface area contributed by atoms with Gasteiger partial charge in [-0.3, -0.25) is 14.4 Å². The number of fused-ring (bicyclic) bond motifs is 1. The Bertz CT molecular complexity index is 792. The third kappa shape index (κ3) is 3.79. The summed E-state index contributed by atoms with van der Waals surface area (Å²) in [7, 11) is 2.04. The lowest BCUT2D eigenvalue weighted by Crippen LogP contribution is -2.41. The molecule has 0 saturated heterocycles. The van der Waals surface area contributed by atoms with Gasteiger partial charge in [0.25, 0.3) is 0 Å². The van der Waals surface area contributed by atoms with Crippen molar-refractivity contribution in [3.63, 3.8) is 0 Å². The third-order valence-electron chi connectivity index (χ3n) is 6.20. The van der Waals surface area contributed by atoms with Crippen LogP contribution in [-0.4, -0.2) is 33.2 Å². The van der Waals surface area contributed by atoms with Gasteiger partial charge in [-0.15, -0.1) is 0 Å². The summed E-state index contributed by atoms with van der Waals surface area (Å²) in [6.45, 7) is 4.28. The van der Waals surface area contributed by atoms with E-state index < -0.39 is 0 Å². The van der Waals surface area contributed by atoms with Gasteiger partial charge in [0.2, 0.25) is 5.91 Å². The molecule has 1 aromatic carbocycles. The molecule has 1 aliphatic heterocycles. The Morgan fingerprint density at radius 2 is 1.93 bits per heavy atom. The maximum atomic E-state index is 12.3. The molecule has 1 amide bonds. The number of hydrogen-bond donors (Lipinski definition) is 0. The van der Waals surface area contributed by atoms with Gasteiger partial charge >= 0.3 is 0 Å². The van der Waals surface area contributed by atoms with Crippen molar-refractivity contribution in [3.05, 3.63) is 47.3 Å². The summed E-state index contributed by atoms with van der Waals surface area (Å²) in [6, 6.07) is 10.6. The Hall–Kier alpha value is -2.14. The van der Waals surface area contributed by atoms with Crippen molar-refractivity contribution >= 4 is 11.6 Å². The average molecular weight is 367 g/mol. The van der Waals surface area contributed by atoms with E-state index in [1.807, 2.05) is 47.0 Å². The highest BCUT2D eigenvalue weighted by atomic mass is 16.2. The molecule has 0 bridgehead atoms. The fourth-order valence-electron chi connectivity index (χ4n) is 4.72. The predicted octanol–water partition coefficient (Wildman–Crippen LogP) is 3.66. The normalized spacial score (nSPS) is 18.3. The van der Waals surface area contributed by atoms with Crippen molar-refractivity contribution in [3.8, 4) is 0 Å². The molecule has 1 aromatic heterocycles. The lowest BCUT2D eigenvalue weighted by molar-refractivity contribution is -0.116. The zero-order chi connectivity index (χ0) is 18.8. The van der Waals surface area contributed by atoms with Crippen LogP contribution in [0.15, 0.2) is 30.3 Å². The maximum Gasteiger partial charge on any atom is 0.224 e. The number of hydrogen-bond acceptors (Lipinski definition) is 3. The largest absolute Gasteiger partial charge is 0.307 e. The van der Waals surface area contributed by atoms with E-state index in [1.165, 1.54) is 43.4 Å². The van der Waals surface area contributed by atoms with Gasteiger partial charge < -0.3 is 4.90 Å². The Morgan fingerprint density at radius 1 is 1.19 bits per heavy atom. The van der Waals surface area contributed by atoms with E-state index in [-0.39, 0.29) is 5.91 Å². The highest BCUT2D eigenvalue weighted by Crippen LogP contribution is 2.30. The summed E-state index contributed by atoms with van der Waals surface area (Å²) in [4.78, 5) is 16.8. The second kappa shape index (κ2) is 7.85. The van der Waals surface area contributed by atoms with Gasteiger partial charge in [-0.05, 0) is 25.0 Å². The lowest BCUT2D eigenvalue weighted by Gasteiger charge is -2.37. The van der Waals surface area contributed by atoms with Crippen LogP contribution in [0, 0.1) is 0 Å². The molecule has 4 rings (SSSR count). The second-order valence-corrected chi connectivity index (χ2v) is 7.95. The van der Waals surface area contributed by atoms with E-state index >= 15 is 0 Å². The number of amides is 1. The number of carbonyl (C=O) groups excluding carboxylic acids is 1. The number of nitrogens with zero attached hydrogens (tertiary/aromatic N) is 4. The second-order valence-electron chi connectivity index (χ2n) is 7.95. The minimum Gasteiger partial charge on any atom is -0.307 e. The van der Waals surface area contributed by atoms with Crippen LogP contribution in [0.1, 0.15) is 56.0 Å². The molecule has 5 nitrogen and oxygen atoms in total. The molecule has 0 N–H and O–H groups in total. The molecular weight excluding hydrogens is 336 g/mol. The number of aromatic nitrogens is 2. The van der Waals surface area contributed by atoms with Crippen molar-refractivity contribution in [2.75, 3.05) is 11.4 Å². The molecule has 2 aliphatic rings. The minimum atomic E-state index is 0.0561. The van der Waals surface area contributed by atoms with E-state index in [0.717, 1.165) is 36.9 Å². The van der Waals surface area contributed by atoms with E-state index in [0.29, 0.717) is 6.54 Å². The first-order chi connectivity index (χ1) is 13.1. The standard InChI is InChI=1S/C22H30N4O/c1-17(27)26(19-11-7-4-8-12-19)16-21-20-15-25(18-9-5-3-6-10-18)14-13-22(20)24(2)23-21/h4,7-8,11-12,18H,3,5-6,9-10,13-16H2,1-2H3. The van der Waals surface area contributed by atoms with E-state index in [2.05, 4.69) is 4.90 Å². The first-order valence-corrected chi connectivity index (χ1v) is 10.2. The van der Waals surface area contributed by atoms with Crippen LogP contribution in [0.2, 0.25) is 0 Å². The topological polar surface area (TPSA) is 41.4 Å². The highest BCUT2D eigenvalue weighted by molar-refractivity contribution is 5.91. The average Bonchev–Trinajstić information content (AvgIpc) is 3.02. The van der Waals surface area contributed by atoms with Crippen molar-refractivity contribution in [1.29, 1.82) is 0 Å². The molecule has 144 valence electrons. The first kappa shape index (κ1) is 18.2. The lowest BCUT2D eigenvalue weighted by atomic mass is 9.92. The van der Waals surface area contributed by atoms with Crippen LogP contribution in [0.5, 0.6) is 0 Å². The van der Waals surface area contributed by atoms with Crippen LogP contribution in [0.25, 0.3) is 0 Å². The summed E-state index contributed by atoms with van der Waals surface area (Å²) in [5, 5.41) is 4.82. The molecule has 0 unspecified atom stereocenters. The number of para-hydroxylation sites is 1. The SMILES string of the molecule is CC(=O)N(Cc1nn(C)c2c1CN(C1CCCCC1)CC2)c1ccccc1. The van der Waals surface area contributed by atoms with Crippen LogP contribution < -0.4 is 4.90 Å². The van der Waals surface area contributed by atoms with Crippen LogP contribution in [-0.2, 0) is 31.4 Å². The molecule has 5 heteroatoms. The number of rotatable bonds is 4. The van der Waals surface area contributed by atoms with Gasteiger partial charge in [0.1, 0.15) is 0 Å². The van der Waals surface area contributed by atoms with Crippen molar-refractivity contribution in [1.82, 2.24) is 14.7 Å². The van der Waals surface area contributed by atoms with E-state index in [9.17, 15) is 4.79 Å². The summed E-state index contributed by atoms with van der Waals surface area (Å²) in [5.41, 5.74) is 4.67. The molecular formula is C22H30N4O. The Balaban J connectivity index is 1.58. The van der Waals surface area contributed by atoms with Gasteiger partial charge in [-0.25, -0.2) is 0 Å². The smallest absolute Gasteiger partial charge is 0.224 e. The van der Waals surface area contributed by atoms with E-state index in [4.69, 9.17) is 5.10 Å². The Labute approximate surface area is 162 Å². The monoisotopic (exact) mass is 366 g/mol.